The lowest BCUT2D eigenvalue weighted by Gasteiger charge is -2.31. The third-order valence-electron chi connectivity index (χ3n) is 5.34. The van der Waals surface area contributed by atoms with Crippen molar-refractivity contribution < 1.29 is 9.59 Å². The minimum Gasteiger partial charge on any atom is -0.345 e. The summed E-state index contributed by atoms with van der Waals surface area (Å²) in [6.45, 7) is 2.76. The summed E-state index contributed by atoms with van der Waals surface area (Å²) in [4.78, 5) is 28.3. The summed E-state index contributed by atoms with van der Waals surface area (Å²) in [5.74, 6) is 1.17. The first-order valence-corrected chi connectivity index (χ1v) is 8.51. The summed E-state index contributed by atoms with van der Waals surface area (Å²) < 4.78 is 0. The highest BCUT2D eigenvalue weighted by atomic mass is 35.5. The number of fused-ring (bicyclic) bond motifs is 1. The van der Waals surface area contributed by atoms with E-state index in [-0.39, 0.29) is 17.9 Å². The highest BCUT2D eigenvalue weighted by Crippen LogP contribution is 2.40. The number of piperidine rings is 1. The van der Waals surface area contributed by atoms with Crippen LogP contribution in [0.4, 0.5) is 0 Å². The monoisotopic (exact) mass is 334 g/mol. The molecule has 1 aromatic rings. The Kier molecular flexibility index (Phi) is 4.37. The summed E-state index contributed by atoms with van der Waals surface area (Å²) in [5, 5.41) is 0.592. The van der Waals surface area contributed by atoms with E-state index in [1.165, 1.54) is 0 Å². The number of carbonyl (C=O) groups excluding carboxylic acids is 2. The van der Waals surface area contributed by atoms with E-state index < -0.39 is 0 Å². The van der Waals surface area contributed by atoms with Crippen molar-refractivity contribution in [3.63, 3.8) is 0 Å². The van der Waals surface area contributed by atoms with E-state index in [1.807, 2.05) is 43.0 Å². The molecule has 0 spiro atoms. The highest BCUT2D eigenvalue weighted by molar-refractivity contribution is 6.31. The lowest BCUT2D eigenvalue weighted by molar-refractivity contribution is -0.134. The molecular weight excluding hydrogens is 312 g/mol. The Labute approximate surface area is 142 Å². The van der Waals surface area contributed by atoms with E-state index in [4.69, 9.17) is 11.6 Å². The van der Waals surface area contributed by atoms with Crippen molar-refractivity contribution >= 4 is 23.4 Å². The lowest BCUT2D eigenvalue weighted by atomic mass is 9.88. The number of benzene rings is 1. The molecule has 1 aromatic carbocycles. The highest BCUT2D eigenvalue weighted by Gasteiger charge is 2.42. The van der Waals surface area contributed by atoms with Gasteiger partial charge in [0.05, 0.1) is 0 Å². The average Bonchev–Trinajstić information content (AvgIpc) is 2.88. The van der Waals surface area contributed by atoms with Gasteiger partial charge in [-0.3, -0.25) is 9.59 Å². The summed E-state index contributed by atoms with van der Waals surface area (Å²) in [6, 6.07) is 5.66. The largest absolute Gasteiger partial charge is 0.345 e. The summed E-state index contributed by atoms with van der Waals surface area (Å²) >= 11 is 6.08. The second kappa shape index (κ2) is 6.16. The first-order valence-electron chi connectivity index (χ1n) is 8.13. The smallest absolute Gasteiger partial charge is 0.253 e. The average molecular weight is 335 g/mol. The van der Waals surface area contributed by atoms with Gasteiger partial charge in [-0.2, -0.15) is 0 Å². The number of rotatable bonds is 2. The van der Waals surface area contributed by atoms with Crippen molar-refractivity contribution in [1.82, 2.24) is 9.80 Å². The molecule has 1 heterocycles. The van der Waals surface area contributed by atoms with Crippen LogP contribution in [0, 0.1) is 18.8 Å². The van der Waals surface area contributed by atoms with Crippen molar-refractivity contribution in [3.05, 3.63) is 34.3 Å². The zero-order valence-electron chi connectivity index (χ0n) is 13.9. The number of halogens is 1. The molecule has 0 N–H and O–H groups in total. The molecule has 1 aliphatic carbocycles. The topological polar surface area (TPSA) is 40.6 Å². The maximum absolute atomic E-state index is 12.8. The van der Waals surface area contributed by atoms with Crippen molar-refractivity contribution in [1.29, 1.82) is 0 Å². The van der Waals surface area contributed by atoms with Gasteiger partial charge in [-0.1, -0.05) is 11.6 Å². The van der Waals surface area contributed by atoms with Crippen LogP contribution in [0.5, 0.6) is 0 Å². The fourth-order valence-electron chi connectivity index (χ4n) is 4.03. The Morgan fingerprint density at radius 1 is 1.26 bits per heavy atom. The molecule has 2 aliphatic rings. The van der Waals surface area contributed by atoms with Gasteiger partial charge in [-0.05, 0) is 55.4 Å². The van der Waals surface area contributed by atoms with Gasteiger partial charge in [-0.15, -0.1) is 0 Å². The van der Waals surface area contributed by atoms with Crippen molar-refractivity contribution in [2.24, 2.45) is 11.8 Å². The van der Waals surface area contributed by atoms with Crippen LogP contribution < -0.4 is 0 Å². The third-order valence-corrected chi connectivity index (χ3v) is 5.56. The normalized spacial score (nSPS) is 27.0. The van der Waals surface area contributed by atoms with Crippen LogP contribution in [0.3, 0.4) is 0 Å². The molecular formula is C18H23ClN2O2. The minimum atomic E-state index is 0.0129. The summed E-state index contributed by atoms with van der Waals surface area (Å²) in [7, 11) is 3.74. The molecule has 2 fully saturated rings. The van der Waals surface area contributed by atoms with E-state index in [9.17, 15) is 9.59 Å². The van der Waals surface area contributed by atoms with Crippen LogP contribution in [0.1, 0.15) is 35.2 Å². The summed E-state index contributed by atoms with van der Waals surface area (Å²) in [6.07, 6.45) is 2.52. The number of hydrogen-bond donors (Lipinski definition) is 0. The number of nitrogens with zero attached hydrogens (tertiary/aromatic N) is 2. The Hall–Kier alpha value is -1.55. The van der Waals surface area contributed by atoms with Gasteiger partial charge in [0.1, 0.15) is 0 Å². The molecule has 2 amide bonds. The Balaban J connectivity index is 1.72. The molecule has 0 unspecified atom stereocenters. The summed E-state index contributed by atoms with van der Waals surface area (Å²) in [5.41, 5.74) is 1.63. The van der Waals surface area contributed by atoms with Crippen molar-refractivity contribution in [3.8, 4) is 0 Å². The van der Waals surface area contributed by atoms with Crippen LogP contribution in [-0.2, 0) is 4.79 Å². The molecule has 3 atom stereocenters. The van der Waals surface area contributed by atoms with Crippen molar-refractivity contribution in [2.45, 2.75) is 32.2 Å². The van der Waals surface area contributed by atoms with E-state index in [0.717, 1.165) is 24.9 Å². The number of aryl methyl sites for hydroxylation is 1. The maximum atomic E-state index is 12.8. The minimum absolute atomic E-state index is 0.0129. The number of amides is 2. The maximum Gasteiger partial charge on any atom is 0.253 e. The number of likely N-dealkylation sites (tertiary alicyclic amines) is 1. The molecule has 0 radical (unpaired) electrons. The van der Waals surface area contributed by atoms with Crippen molar-refractivity contribution in [2.75, 3.05) is 20.6 Å². The second-order valence-corrected chi connectivity index (χ2v) is 7.49. The molecule has 0 aromatic heterocycles. The fourth-order valence-corrected chi connectivity index (χ4v) is 4.32. The van der Waals surface area contributed by atoms with Gasteiger partial charge in [-0.25, -0.2) is 0 Å². The first-order chi connectivity index (χ1) is 10.8. The predicted octanol–water partition coefficient (Wildman–Crippen LogP) is 2.98. The molecule has 23 heavy (non-hydrogen) atoms. The zero-order chi connectivity index (χ0) is 16.7. The van der Waals surface area contributed by atoms with Crippen LogP contribution in [-0.4, -0.2) is 48.3 Å². The quantitative estimate of drug-likeness (QED) is 0.834. The van der Waals surface area contributed by atoms with Crippen LogP contribution in [0.2, 0.25) is 5.02 Å². The molecule has 4 nitrogen and oxygen atoms in total. The van der Waals surface area contributed by atoms with E-state index >= 15 is 0 Å². The molecule has 3 rings (SSSR count). The number of carbonyl (C=O) groups is 2. The van der Waals surface area contributed by atoms with E-state index in [0.29, 0.717) is 28.8 Å². The van der Waals surface area contributed by atoms with Gasteiger partial charge >= 0.3 is 0 Å². The molecule has 1 saturated carbocycles. The zero-order valence-corrected chi connectivity index (χ0v) is 14.6. The van der Waals surface area contributed by atoms with Gasteiger partial charge in [0.25, 0.3) is 5.91 Å². The number of hydrogen-bond acceptors (Lipinski definition) is 2. The van der Waals surface area contributed by atoms with Crippen LogP contribution in [0.25, 0.3) is 0 Å². The van der Waals surface area contributed by atoms with Crippen LogP contribution >= 0.6 is 11.6 Å². The molecule has 0 bridgehead atoms. The Morgan fingerprint density at radius 2 is 1.96 bits per heavy atom. The second-order valence-electron chi connectivity index (χ2n) is 7.06. The fraction of sp³-hybridized carbons (Fsp3) is 0.556. The SMILES string of the molecule is Cc1cc(Cl)cc(C(=O)N(C)[C@@H]2C[C@@H]3CC(=O)N(C)C[C@@H]3C2)c1. The standard InChI is InChI=1S/C18H23ClN2O2/c1-11-4-13(6-15(19)5-11)18(23)21(3)16-7-12-9-17(22)20(2)10-14(12)8-16/h4-6,12,14,16H,7-10H2,1-3H3/t12-,14+,16-/m1/s1. The van der Waals surface area contributed by atoms with Crippen LogP contribution in [0.15, 0.2) is 18.2 Å². The predicted molar refractivity (Wildman–Crippen MR) is 90.5 cm³/mol. The van der Waals surface area contributed by atoms with E-state index in [2.05, 4.69) is 0 Å². The first kappa shape index (κ1) is 16.3. The molecule has 1 aliphatic heterocycles. The molecule has 5 heteroatoms. The lowest BCUT2D eigenvalue weighted by Crippen LogP contribution is -2.39. The van der Waals surface area contributed by atoms with Gasteiger partial charge in [0.2, 0.25) is 5.91 Å². The molecule has 1 saturated heterocycles. The van der Waals surface area contributed by atoms with Gasteiger partial charge < -0.3 is 9.80 Å². The Bertz CT molecular complexity index is 626. The van der Waals surface area contributed by atoms with Gasteiger partial charge in [0.15, 0.2) is 0 Å². The Morgan fingerprint density at radius 3 is 2.65 bits per heavy atom. The van der Waals surface area contributed by atoms with Gasteiger partial charge in [0, 0.05) is 43.7 Å². The third kappa shape index (κ3) is 3.23. The molecule has 124 valence electrons. The van der Waals surface area contributed by atoms with E-state index in [1.54, 1.807) is 6.07 Å².